The second-order valence-corrected chi connectivity index (χ2v) is 6.09. The Bertz CT molecular complexity index is 483. The standard InChI is InChI=1S/C11H14BrN3OS/c1-16-7-6-15-8(4-5-14-15)11(13)9-2-3-10(12)17-9/h2-5,11H,6-7,13H2,1H3. The van der Waals surface area contributed by atoms with Crippen LogP contribution in [0.15, 0.2) is 28.2 Å². The van der Waals surface area contributed by atoms with E-state index >= 15 is 0 Å². The molecule has 1 atom stereocenters. The Morgan fingerprint density at radius 3 is 3.00 bits per heavy atom. The van der Waals surface area contributed by atoms with E-state index in [0.29, 0.717) is 6.61 Å². The smallest absolute Gasteiger partial charge is 0.0817 e. The highest BCUT2D eigenvalue weighted by Crippen LogP contribution is 2.29. The topological polar surface area (TPSA) is 53.1 Å². The molecule has 1 unspecified atom stereocenters. The molecule has 6 heteroatoms. The zero-order valence-corrected chi connectivity index (χ0v) is 11.9. The number of thiophene rings is 1. The first kappa shape index (κ1) is 12.8. The molecule has 2 aromatic heterocycles. The Morgan fingerprint density at radius 1 is 1.53 bits per heavy atom. The molecule has 92 valence electrons. The molecule has 0 bridgehead atoms. The molecule has 0 aromatic carbocycles. The Morgan fingerprint density at radius 2 is 2.35 bits per heavy atom. The van der Waals surface area contributed by atoms with Gasteiger partial charge in [0, 0.05) is 18.2 Å². The summed E-state index contributed by atoms with van der Waals surface area (Å²) in [6.45, 7) is 1.36. The third kappa shape index (κ3) is 2.95. The Labute approximate surface area is 113 Å². The van der Waals surface area contributed by atoms with Crippen LogP contribution in [0.5, 0.6) is 0 Å². The van der Waals surface area contributed by atoms with Crippen LogP contribution in [-0.2, 0) is 11.3 Å². The van der Waals surface area contributed by atoms with Gasteiger partial charge in [-0.05, 0) is 34.1 Å². The zero-order valence-electron chi connectivity index (χ0n) is 9.47. The van der Waals surface area contributed by atoms with Crippen molar-refractivity contribution in [3.05, 3.63) is 38.8 Å². The van der Waals surface area contributed by atoms with Gasteiger partial charge < -0.3 is 10.5 Å². The maximum absolute atomic E-state index is 6.23. The highest BCUT2D eigenvalue weighted by Gasteiger charge is 2.15. The van der Waals surface area contributed by atoms with E-state index in [2.05, 4.69) is 21.0 Å². The number of ether oxygens (including phenoxy) is 1. The fourth-order valence-electron chi connectivity index (χ4n) is 1.61. The highest BCUT2D eigenvalue weighted by molar-refractivity contribution is 9.11. The number of methoxy groups -OCH3 is 1. The van der Waals surface area contributed by atoms with Crippen LogP contribution in [0, 0.1) is 0 Å². The van der Waals surface area contributed by atoms with Gasteiger partial charge in [0.2, 0.25) is 0 Å². The van der Waals surface area contributed by atoms with Crippen LogP contribution in [-0.4, -0.2) is 23.5 Å². The van der Waals surface area contributed by atoms with Crippen molar-refractivity contribution in [1.29, 1.82) is 0 Å². The molecular weight excluding hydrogens is 302 g/mol. The predicted molar refractivity (Wildman–Crippen MR) is 72.2 cm³/mol. The summed E-state index contributed by atoms with van der Waals surface area (Å²) in [5, 5.41) is 4.26. The van der Waals surface area contributed by atoms with Gasteiger partial charge in [0.05, 0.1) is 28.7 Å². The van der Waals surface area contributed by atoms with E-state index in [1.165, 1.54) is 0 Å². The molecule has 2 heterocycles. The lowest BCUT2D eigenvalue weighted by Gasteiger charge is -2.12. The van der Waals surface area contributed by atoms with Gasteiger partial charge in [0.1, 0.15) is 0 Å². The van der Waals surface area contributed by atoms with Crippen molar-refractivity contribution in [2.45, 2.75) is 12.6 Å². The van der Waals surface area contributed by atoms with Crippen molar-refractivity contribution in [2.24, 2.45) is 5.73 Å². The molecule has 4 nitrogen and oxygen atoms in total. The summed E-state index contributed by atoms with van der Waals surface area (Å²) in [6, 6.07) is 5.86. The van der Waals surface area contributed by atoms with Crippen molar-refractivity contribution in [3.63, 3.8) is 0 Å². The first-order chi connectivity index (χ1) is 8.22. The van der Waals surface area contributed by atoms with Crippen molar-refractivity contribution in [1.82, 2.24) is 9.78 Å². The second kappa shape index (κ2) is 5.77. The zero-order chi connectivity index (χ0) is 12.3. The van der Waals surface area contributed by atoms with Gasteiger partial charge in [-0.15, -0.1) is 11.3 Å². The largest absolute Gasteiger partial charge is 0.383 e. The van der Waals surface area contributed by atoms with E-state index in [-0.39, 0.29) is 6.04 Å². The molecule has 0 saturated carbocycles. The maximum atomic E-state index is 6.23. The minimum atomic E-state index is -0.134. The molecule has 0 radical (unpaired) electrons. The van der Waals surface area contributed by atoms with E-state index < -0.39 is 0 Å². The molecule has 0 fully saturated rings. The van der Waals surface area contributed by atoms with Gasteiger partial charge in [-0.1, -0.05) is 0 Å². The van der Waals surface area contributed by atoms with Crippen molar-refractivity contribution in [3.8, 4) is 0 Å². The number of hydrogen-bond acceptors (Lipinski definition) is 4. The minimum absolute atomic E-state index is 0.134. The predicted octanol–water partition coefficient (Wildman–Crippen LogP) is 2.40. The average Bonchev–Trinajstić information content (AvgIpc) is 2.94. The number of nitrogens with two attached hydrogens (primary N) is 1. The quantitative estimate of drug-likeness (QED) is 0.921. The van der Waals surface area contributed by atoms with E-state index in [0.717, 1.165) is 20.9 Å². The number of aromatic nitrogens is 2. The molecule has 2 rings (SSSR count). The summed E-state index contributed by atoms with van der Waals surface area (Å²) in [6.07, 6.45) is 1.77. The summed E-state index contributed by atoms with van der Waals surface area (Å²) in [5.41, 5.74) is 7.25. The van der Waals surface area contributed by atoms with Gasteiger partial charge in [0.15, 0.2) is 0 Å². The fraction of sp³-hybridized carbons (Fsp3) is 0.364. The molecule has 0 aliphatic rings. The SMILES string of the molecule is COCCn1nccc1C(N)c1ccc(Br)s1. The van der Waals surface area contributed by atoms with Gasteiger partial charge >= 0.3 is 0 Å². The van der Waals surface area contributed by atoms with Crippen LogP contribution in [0.25, 0.3) is 0 Å². The van der Waals surface area contributed by atoms with Gasteiger partial charge in [-0.3, -0.25) is 4.68 Å². The lowest BCUT2D eigenvalue weighted by atomic mass is 10.2. The van der Waals surface area contributed by atoms with Crippen LogP contribution in [0.2, 0.25) is 0 Å². The van der Waals surface area contributed by atoms with Crippen molar-refractivity contribution >= 4 is 27.3 Å². The third-order valence-corrected chi connectivity index (χ3v) is 4.18. The van der Waals surface area contributed by atoms with E-state index in [1.54, 1.807) is 24.6 Å². The van der Waals surface area contributed by atoms with Crippen molar-refractivity contribution < 1.29 is 4.74 Å². The molecule has 0 aliphatic heterocycles. The van der Waals surface area contributed by atoms with Crippen LogP contribution in [0.4, 0.5) is 0 Å². The number of rotatable bonds is 5. The molecule has 0 amide bonds. The molecule has 17 heavy (non-hydrogen) atoms. The molecule has 2 N–H and O–H groups in total. The first-order valence-corrected chi connectivity index (χ1v) is 6.85. The van der Waals surface area contributed by atoms with E-state index in [4.69, 9.17) is 10.5 Å². The molecular formula is C11H14BrN3OS. The monoisotopic (exact) mass is 315 g/mol. The van der Waals surface area contributed by atoms with E-state index in [9.17, 15) is 0 Å². The third-order valence-electron chi connectivity index (χ3n) is 2.48. The van der Waals surface area contributed by atoms with Crippen LogP contribution >= 0.6 is 27.3 Å². The lowest BCUT2D eigenvalue weighted by Crippen LogP contribution is -2.18. The lowest BCUT2D eigenvalue weighted by molar-refractivity contribution is 0.182. The normalized spacial score (nSPS) is 12.9. The number of hydrogen-bond donors (Lipinski definition) is 1. The first-order valence-electron chi connectivity index (χ1n) is 5.24. The summed E-state index contributed by atoms with van der Waals surface area (Å²) in [5.74, 6) is 0. The van der Waals surface area contributed by atoms with Crippen LogP contribution in [0.1, 0.15) is 16.6 Å². The molecule has 0 saturated heterocycles. The molecule has 0 aliphatic carbocycles. The fourth-order valence-corrected chi connectivity index (χ4v) is 3.05. The summed E-state index contributed by atoms with van der Waals surface area (Å²) >= 11 is 5.09. The van der Waals surface area contributed by atoms with Crippen LogP contribution < -0.4 is 5.73 Å². The van der Waals surface area contributed by atoms with Gasteiger partial charge in [-0.25, -0.2) is 0 Å². The minimum Gasteiger partial charge on any atom is -0.383 e. The van der Waals surface area contributed by atoms with E-state index in [1.807, 2.05) is 22.9 Å². The Hall–Kier alpha value is -0.690. The summed E-state index contributed by atoms with van der Waals surface area (Å²) < 4.78 is 8.03. The van der Waals surface area contributed by atoms with Gasteiger partial charge in [-0.2, -0.15) is 5.10 Å². The number of nitrogens with zero attached hydrogens (tertiary/aromatic N) is 2. The number of halogens is 1. The molecule has 2 aromatic rings. The van der Waals surface area contributed by atoms with Crippen LogP contribution in [0.3, 0.4) is 0 Å². The second-order valence-electron chi connectivity index (χ2n) is 3.59. The Kier molecular flexibility index (Phi) is 4.33. The van der Waals surface area contributed by atoms with Crippen molar-refractivity contribution in [2.75, 3.05) is 13.7 Å². The average molecular weight is 316 g/mol. The summed E-state index contributed by atoms with van der Waals surface area (Å²) in [7, 11) is 1.68. The maximum Gasteiger partial charge on any atom is 0.0817 e. The molecule has 0 spiro atoms. The van der Waals surface area contributed by atoms with Gasteiger partial charge in [0.25, 0.3) is 0 Å². The summed E-state index contributed by atoms with van der Waals surface area (Å²) in [4.78, 5) is 1.12. The highest BCUT2D eigenvalue weighted by atomic mass is 79.9. The Balaban J connectivity index is 2.18.